The molecule has 88 valence electrons. The van der Waals surface area contributed by atoms with Crippen LogP contribution in [0.1, 0.15) is 39.0 Å². The summed E-state index contributed by atoms with van der Waals surface area (Å²) in [5.74, 6) is 0.390. The predicted octanol–water partition coefficient (Wildman–Crippen LogP) is 2.39. The summed E-state index contributed by atoms with van der Waals surface area (Å²) in [5, 5.41) is 0. The molecule has 0 aromatic heterocycles. The van der Waals surface area contributed by atoms with Crippen LogP contribution in [0, 0.1) is 11.8 Å². The first-order valence-electron chi connectivity index (χ1n) is 5.89. The maximum atomic E-state index is 11.1. The van der Waals surface area contributed by atoms with Gasteiger partial charge < -0.3 is 9.47 Å². The number of methoxy groups -OCH3 is 1. The molecule has 15 heavy (non-hydrogen) atoms. The van der Waals surface area contributed by atoms with Gasteiger partial charge in [-0.3, -0.25) is 4.79 Å². The number of carbonyl (C=O) groups excluding carboxylic acids is 1. The van der Waals surface area contributed by atoms with Crippen LogP contribution in [0.4, 0.5) is 0 Å². The molecular formula is C12H22O3. The zero-order valence-corrected chi connectivity index (χ0v) is 9.83. The maximum absolute atomic E-state index is 11.1. The number of hydrogen-bond acceptors (Lipinski definition) is 3. The average molecular weight is 214 g/mol. The van der Waals surface area contributed by atoms with Gasteiger partial charge in [0.2, 0.25) is 0 Å². The Hall–Kier alpha value is -0.570. The van der Waals surface area contributed by atoms with Crippen molar-refractivity contribution in [2.45, 2.75) is 39.0 Å². The lowest BCUT2D eigenvalue weighted by molar-refractivity contribution is -0.147. The maximum Gasteiger partial charge on any atom is 0.310 e. The Morgan fingerprint density at radius 3 is 2.60 bits per heavy atom. The minimum Gasteiger partial charge on any atom is -0.469 e. The Bertz CT molecular complexity index is 185. The number of hydrogen-bond donors (Lipinski definition) is 0. The van der Waals surface area contributed by atoms with E-state index in [0.717, 1.165) is 6.61 Å². The van der Waals surface area contributed by atoms with Crippen LogP contribution < -0.4 is 0 Å². The smallest absolute Gasteiger partial charge is 0.310 e. The SMILES string of the molecule is COC(=O)C(C)COCC1CCCCC1. The lowest BCUT2D eigenvalue weighted by atomic mass is 9.90. The summed E-state index contributed by atoms with van der Waals surface area (Å²) in [7, 11) is 1.42. The van der Waals surface area contributed by atoms with Gasteiger partial charge in [-0.15, -0.1) is 0 Å². The molecule has 0 aliphatic heterocycles. The first kappa shape index (κ1) is 12.5. The molecule has 3 nitrogen and oxygen atoms in total. The normalized spacial score (nSPS) is 19.9. The van der Waals surface area contributed by atoms with Crippen molar-refractivity contribution in [1.82, 2.24) is 0 Å². The highest BCUT2D eigenvalue weighted by atomic mass is 16.5. The number of carbonyl (C=O) groups is 1. The van der Waals surface area contributed by atoms with Crippen molar-refractivity contribution in [3.05, 3.63) is 0 Å². The molecule has 1 unspecified atom stereocenters. The molecule has 1 saturated carbocycles. The third-order valence-corrected chi connectivity index (χ3v) is 3.05. The molecule has 1 aliphatic carbocycles. The minimum atomic E-state index is -0.182. The lowest BCUT2D eigenvalue weighted by Crippen LogP contribution is -2.21. The molecule has 0 aromatic rings. The lowest BCUT2D eigenvalue weighted by Gasteiger charge is -2.21. The average Bonchev–Trinajstić information content (AvgIpc) is 2.29. The van der Waals surface area contributed by atoms with Crippen LogP contribution in [0.15, 0.2) is 0 Å². The minimum absolute atomic E-state index is 0.140. The fourth-order valence-corrected chi connectivity index (χ4v) is 2.03. The predicted molar refractivity (Wildman–Crippen MR) is 58.6 cm³/mol. The Morgan fingerprint density at radius 2 is 2.00 bits per heavy atom. The van der Waals surface area contributed by atoms with Gasteiger partial charge in [0.05, 0.1) is 19.6 Å². The van der Waals surface area contributed by atoms with Gasteiger partial charge in [-0.2, -0.15) is 0 Å². The van der Waals surface area contributed by atoms with Gasteiger partial charge in [0.1, 0.15) is 0 Å². The van der Waals surface area contributed by atoms with Gasteiger partial charge in [0, 0.05) is 6.61 Å². The van der Waals surface area contributed by atoms with Gasteiger partial charge in [-0.05, 0) is 25.7 Å². The van der Waals surface area contributed by atoms with Crippen LogP contribution in [0.25, 0.3) is 0 Å². The van der Waals surface area contributed by atoms with Crippen LogP contribution in [0.5, 0.6) is 0 Å². The van der Waals surface area contributed by atoms with E-state index in [1.54, 1.807) is 0 Å². The van der Waals surface area contributed by atoms with E-state index < -0.39 is 0 Å². The Morgan fingerprint density at radius 1 is 1.33 bits per heavy atom. The number of ether oxygens (including phenoxy) is 2. The topological polar surface area (TPSA) is 35.5 Å². The molecule has 0 saturated heterocycles. The van der Waals surface area contributed by atoms with Crippen LogP contribution in [0.3, 0.4) is 0 Å². The van der Waals surface area contributed by atoms with Crippen molar-refractivity contribution >= 4 is 5.97 Å². The first-order valence-corrected chi connectivity index (χ1v) is 5.89. The summed E-state index contributed by atoms with van der Waals surface area (Å²) in [4.78, 5) is 11.1. The van der Waals surface area contributed by atoms with E-state index in [2.05, 4.69) is 4.74 Å². The standard InChI is InChI=1S/C12H22O3/c1-10(12(13)14-2)8-15-9-11-6-4-3-5-7-11/h10-11H,3-9H2,1-2H3. The Kier molecular flexibility index (Phi) is 5.69. The molecule has 3 heteroatoms. The van der Waals surface area contributed by atoms with Gasteiger partial charge in [-0.25, -0.2) is 0 Å². The monoisotopic (exact) mass is 214 g/mol. The van der Waals surface area contributed by atoms with Gasteiger partial charge in [0.25, 0.3) is 0 Å². The van der Waals surface area contributed by atoms with Crippen LogP contribution in [-0.4, -0.2) is 26.3 Å². The van der Waals surface area contributed by atoms with Crippen molar-refractivity contribution in [2.75, 3.05) is 20.3 Å². The third kappa shape index (κ3) is 4.65. The summed E-state index contributed by atoms with van der Waals surface area (Å²) >= 11 is 0. The zero-order valence-electron chi connectivity index (χ0n) is 9.83. The largest absolute Gasteiger partial charge is 0.469 e. The molecule has 1 fully saturated rings. The second kappa shape index (κ2) is 6.83. The van der Waals surface area contributed by atoms with Crippen molar-refractivity contribution in [3.63, 3.8) is 0 Å². The summed E-state index contributed by atoms with van der Waals surface area (Å²) in [5.41, 5.74) is 0. The molecule has 0 bridgehead atoms. The van der Waals surface area contributed by atoms with E-state index in [4.69, 9.17) is 4.74 Å². The van der Waals surface area contributed by atoms with E-state index in [1.807, 2.05) is 6.92 Å². The summed E-state index contributed by atoms with van der Waals surface area (Å²) < 4.78 is 10.2. The second-order valence-corrected chi connectivity index (χ2v) is 4.47. The quantitative estimate of drug-likeness (QED) is 0.659. The highest BCUT2D eigenvalue weighted by Gasteiger charge is 2.16. The summed E-state index contributed by atoms with van der Waals surface area (Å²) in [6.45, 7) is 3.14. The Balaban J connectivity index is 2.07. The molecule has 0 N–H and O–H groups in total. The highest BCUT2D eigenvalue weighted by molar-refractivity contribution is 5.71. The van der Waals surface area contributed by atoms with E-state index in [1.165, 1.54) is 39.2 Å². The summed E-state index contributed by atoms with van der Waals surface area (Å²) in [6, 6.07) is 0. The van der Waals surface area contributed by atoms with E-state index in [-0.39, 0.29) is 11.9 Å². The van der Waals surface area contributed by atoms with E-state index in [9.17, 15) is 4.79 Å². The van der Waals surface area contributed by atoms with Crippen LogP contribution in [-0.2, 0) is 14.3 Å². The molecule has 0 heterocycles. The van der Waals surface area contributed by atoms with Crippen molar-refractivity contribution in [2.24, 2.45) is 11.8 Å². The molecule has 1 atom stereocenters. The van der Waals surface area contributed by atoms with E-state index in [0.29, 0.717) is 12.5 Å². The van der Waals surface area contributed by atoms with E-state index >= 15 is 0 Å². The highest BCUT2D eigenvalue weighted by Crippen LogP contribution is 2.23. The molecule has 0 spiro atoms. The second-order valence-electron chi connectivity index (χ2n) is 4.47. The summed E-state index contributed by atoms with van der Waals surface area (Å²) in [6.07, 6.45) is 6.61. The molecule has 0 aromatic carbocycles. The zero-order chi connectivity index (χ0) is 11.1. The van der Waals surface area contributed by atoms with Gasteiger partial charge >= 0.3 is 5.97 Å². The number of rotatable bonds is 5. The molecular weight excluding hydrogens is 192 g/mol. The van der Waals surface area contributed by atoms with Gasteiger partial charge in [-0.1, -0.05) is 19.3 Å². The van der Waals surface area contributed by atoms with Crippen molar-refractivity contribution < 1.29 is 14.3 Å². The molecule has 0 amide bonds. The Labute approximate surface area is 92.1 Å². The first-order chi connectivity index (χ1) is 7.24. The molecule has 1 aliphatic rings. The fraction of sp³-hybridized carbons (Fsp3) is 0.917. The number of esters is 1. The third-order valence-electron chi connectivity index (χ3n) is 3.05. The van der Waals surface area contributed by atoms with Crippen LogP contribution >= 0.6 is 0 Å². The van der Waals surface area contributed by atoms with Crippen molar-refractivity contribution in [3.8, 4) is 0 Å². The van der Waals surface area contributed by atoms with Crippen molar-refractivity contribution in [1.29, 1.82) is 0 Å². The fourth-order valence-electron chi connectivity index (χ4n) is 2.03. The van der Waals surface area contributed by atoms with Gasteiger partial charge in [0.15, 0.2) is 0 Å². The molecule has 0 radical (unpaired) electrons. The van der Waals surface area contributed by atoms with Crippen LogP contribution in [0.2, 0.25) is 0 Å². The molecule has 1 rings (SSSR count).